The highest BCUT2D eigenvalue weighted by Gasteiger charge is 2.49. The molecule has 3 aromatic heterocycles. The van der Waals surface area contributed by atoms with Crippen LogP contribution in [0.3, 0.4) is 0 Å². The minimum atomic E-state index is -0.923. The molecule has 4 saturated heterocycles. The highest BCUT2D eigenvalue weighted by molar-refractivity contribution is 6.00. The summed E-state index contributed by atoms with van der Waals surface area (Å²) in [6.07, 6.45) is 8.05. The number of anilines is 1. The lowest BCUT2D eigenvalue weighted by atomic mass is 9.89. The lowest BCUT2D eigenvalue weighted by Gasteiger charge is -2.31. The molecule has 2 unspecified atom stereocenters. The smallest absolute Gasteiger partial charge is 0.461 e. The Kier molecular flexibility index (Phi) is 8.35. The normalized spacial score (nSPS) is 29.0. The number of halogens is 2. The van der Waals surface area contributed by atoms with Crippen molar-refractivity contribution in [2.45, 2.75) is 87.7 Å². The van der Waals surface area contributed by atoms with E-state index in [2.05, 4.69) is 11.0 Å². The fraction of sp³-hybridized carbons (Fsp3) is 0.605. The van der Waals surface area contributed by atoms with E-state index >= 15 is 4.39 Å². The Bertz CT molecular complexity index is 2080. The molecule has 0 spiro atoms. The van der Waals surface area contributed by atoms with Crippen LogP contribution in [0.4, 0.5) is 19.4 Å². The van der Waals surface area contributed by atoms with Crippen molar-refractivity contribution in [3.8, 4) is 17.3 Å². The number of hydrogen-bond donors (Lipinski definition) is 0. The number of pyridine rings is 1. The molecule has 0 radical (unpaired) electrons. The topological polar surface area (TPSA) is 126 Å². The molecule has 0 saturated carbocycles. The monoisotopic (exact) mass is 731 g/mol. The molecule has 1 aromatic carbocycles. The van der Waals surface area contributed by atoms with E-state index in [1.54, 1.807) is 12.4 Å². The predicted octanol–water partition coefficient (Wildman–Crippen LogP) is 5.63. The van der Waals surface area contributed by atoms with Gasteiger partial charge in [0.2, 0.25) is 0 Å². The summed E-state index contributed by atoms with van der Waals surface area (Å²) in [5, 5.41) is 5.98. The first-order valence-electron chi connectivity index (χ1n) is 19.1. The summed E-state index contributed by atoms with van der Waals surface area (Å²) in [6.45, 7) is 3.31. The first-order valence-corrected chi connectivity index (χ1v) is 19.1. The van der Waals surface area contributed by atoms with Crippen molar-refractivity contribution >= 4 is 33.8 Å². The average Bonchev–Trinajstić information content (AvgIpc) is 3.90. The molecule has 9 heterocycles. The van der Waals surface area contributed by atoms with Crippen LogP contribution in [0, 0.1) is 5.82 Å². The van der Waals surface area contributed by atoms with Crippen LogP contribution in [0.25, 0.3) is 33.1 Å². The number of aromatic nitrogens is 5. The summed E-state index contributed by atoms with van der Waals surface area (Å²) >= 11 is 0. The summed E-state index contributed by atoms with van der Waals surface area (Å²) < 4.78 is 63.9. The highest BCUT2D eigenvalue weighted by Crippen LogP contribution is 2.48. The second-order valence-electron chi connectivity index (χ2n) is 15.4. The highest BCUT2D eigenvalue weighted by atomic mass is 19.1. The molecule has 6 bridgehead atoms. The fourth-order valence-corrected chi connectivity index (χ4v) is 9.74. The van der Waals surface area contributed by atoms with Crippen molar-refractivity contribution in [3.05, 3.63) is 35.4 Å². The molecule has 1 aliphatic carbocycles. The van der Waals surface area contributed by atoms with Crippen LogP contribution in [0.15, 0.2) is 18.5 Å². The van der Waals surface area contributed by atoms with Gasteiger partial charge >= 0.3 is 12.2 Å². The van der Waals surface area contributed by atoms with E-state index < -0.39 is 29.8 Å². The minimum Gasteiger partial charge on any atom is -0.461 e. The van der Waals surface area contributed by atoms with Crippen molar-refractivity contribution in [2.24, 2.45) is 0 Å². The van der Waals surface area contributed by atoms with E-state index in [1.807, 2.05) is 9.58 Å². The van der Waals surface area contributed by atoms with Crippen LogP contribution < -0.4 is 9.64 Å². The van der Waals surface area contributed by atoms with Gasteiger partial charge in [0.15, 0.2) is 12.0 Å². The van der Waals surface area contributed by atoms with Gasteiger partial charge in [-0.3, -0.25) is 9.88 Å². The van der Waals surface area contributed by atoms with Crippen LogP contribution >= 0.6 is 0 Å². The second kappa shape index (κ2) is 13.3. The van der Waals surface area contributed by atoms with E-state index in [9.17, 15) is 9.18 Å². The molecule has 0 N–H and O–H groups in total. The fourth-order valence-electron chi connectivity index (χ4n) is 9.74. The van der Waals surface area contributed by atoms with Crippen molar-refractivity contribution < 1.29 is 37.3 Å². The van der Waals surface area contributed by atoms with Crippen molar-refractivity contribution in [3.63, 3.8) is 0 Å². The molecule has 7 aliphatic rings. The lowest BCUT2D eigenvalue weighted by Crippen LogP contribution is -2.43. The molecular formula is C38H43F2N7O6. The summed E-state index contributed by atoms with van der Waals surface area (Å²) in [7, 11) is 0. The number of aryl methyl sites for hydroxylation is 1. The maximum atomic E-state index is 17.6. The largest absolute Gasteiger partial charge is 0.508 e. The van der Waals surface area contributed by atoms with Crippen LogP contribution in [0.2, 0.25) is 0 Å². The van der Waals surface area contributed by atoms with E-state index in [1.165, 1.54) is 0 Å². The van der Waals surface area contributed by atoms with Crippen molar-refractivity contribution in [2.75, 3.05) is 64.1 Å². The van der Waals surface area contributed by atoms with Crippen LogP contribution in [-0.4, -0.2) is 113 Å². The Morgan fingerprint density at radius 2 is 1.96 bits per heavy atom. The molecule has 280 valence electrons. The number of ether oxygens (including phenoxy) is 5. The van der Waals surface area contributed by atoms with Gasteiger partial charge in [0, 0.05) is 43.3 Å². The third-order valence-electron chi connectivity index (χ3n) is 12.2. The van der Waals surface area contributed by atoms with Gasteiger partial charge in [-0.15, -0.1) is 0 Å². The zero-order valence-electron chi connectivity index (χ0n) is 29.6. The summed E-state index contributed by atoms with van der Waals surface area (Å²) in [4.78, 5) is 31.5. The SMILES string of the molecule is O=C1OCCC2CCc3cc4c(cnn4C4CCCCO4)c(c32)-c2ncc3c(nc(OC[C@@]45CCCN4C[C@H](F)C5)nc3c2F)N2CCOC[C@H](C2)O1. The van der Waals surface area contributed by atoms with Gasteiger partial charge in [-0.25, -0.2) is 18.3 Å². The number of carbonyl (C=O) groups excluding carboxylic acids is 1. The molecule has 13 nitrogen and oxygen atoms in total. The van der Waals surface area contributed by atoms with Gasteiger partial charge in [-0.2, -0.15) is 15.1 Å². The Morgan fingerprint density at radius 3 is 2.87 bits per heavy atom. The molecule has 4 fully saturated rings. The molecule has 53 heavy (non-hydrogen) atoms. The van der Waals surface area contributed by atoms with Gasteiger partial charge < -0.3 is 28.6 Å². The van der Waals surface area contributed by atoms with E-state index in [-0.39, 0.29) is 55.7 Å². The zero-order chi connectivity index (χ0) is 35.7. The maximum Gasteiger partial charge on any atom is 0.508 e. The summed E-state index contributed by atoms with van der Waals surface area (Å²) in [5.74, 6) is -0.213. The van der Waals surface area contributed by atoms with Gasteiger partial charge in [-0.1, -0.05) is 0 Å². The third-order valence-corrected chi connectivity index (χ3v) is 12.2. The first-order chi connectivity index (χ1) is 25.9. The molecule has 11 rings (SSSR count). The van der Waals surface area contributed by atoms with Gasteiger partial charge in [0.1, 0.15) is 35.9 Å². The van der Waals surface area contributed by atoms with Crippen LogP contribution in [-0.2, 0) is 25.4 Å². The number of hydrogen-bond acceptors (Lipinski definition) is 12. The number of alkyl halides is 1. The molecule has 4 aromatic rings. The number of nitrogens with zero attached hydrogens (tertiary/aromatic N) is 7. The number of benzene rings is 1. The number of fused-ring (bicyclic) bond motifs is 7. The van der Waals surface area contributed by atoms with Crippen molar-refractivity contribution in [1.29, 1.82) is 0 Å². The number of carbonyl (C=O) groups is 1. The first kappa shape index (κ1) is 33.4. The molecule has 0 amide bonds. The summed E-state index contributed by atoms with van der Waals surface area (Å²) in [6, 6.07) is 2.16. The van der Waals surface area contributed by atoms with E-state index in [4.69, 9.17) is 43.7 Å². The third kappa shape index (κ3) is 5.77. The Balaban J connectivity index is 1.15. The quantitative estimate of drug-likeness (QED) is 0.242. The van der Waals surface area contributed by atoms with Crippen LogP contribution in [0.5, 0.6) is 6.01 Å². The average molecular weight is 732 g/mol. The molecular weight excluding hydrogens is 688 g/mol. The summed E-state index contributed by atoms with van der Waals surface area (Å²) in [5.41, 5.74) is 3.40. The van der Waals surface area contributed by atoms with Gasteiger partial charge in [-0.05, 0) is 81.0 Å². The van der Waals surface area contributed by atoms with E-state index in [0.29, 0.717) is 55.9 Å². The molecule has 6 aliphatic heterocycles. The van der Waals surface area contributed by atoms with E-state index in [0.717, 1.165) is 73.5 Å². The lowest BCUT2D eigenvalue weighted by molar-refractivity contribution is -0.0366. The molecule has 5 atom stereocenters. The second-order valence-corrected chi connectivity index (χ2v) is 15.4. The van der Waals surface area contributed by atoms with Gasteiger partial charge in [0.05, 0.1) is 49.0 Å². The predicted molar refractivity (Wildman–Crippen MR) is 188 cm³/mol. The Labute approximate surface area is 304 Å². The van der Waals surface area contributed by atoms with Gasteiger partial charge in [0.25, 0.3) is 0 Å². The zero-order valence-corrected chi connectivity index (χ0v) is 29.6. The Morgan fingerprint density at radius 1 is 1.02 bits per heavy atom. The standard InChI is InChI=1S/C38H43F2N7O6/c39-24-15-38(8-3-9-46(38)18-24)21-52-36-43-33-27-16-41-34(32(33)40)31-26-17-42-47(29-4-1-2-11-50-29)28(26)14-23-6-5-22(30(23)31)7-12-51-37(48)53-25-19-45(35(27)44-36)10-13-49-20-25/h14,16-17,22,24-25,29H,1-13,15,18-21H2/t22?,24-,25+,29?,38+/m1/s1. The maximum absolute atomic E-state index is 17.6. The van der Waals surface area contributed by atoms with Crippen LogP contribution in [0.1, 0.15) is 74.6 Å². The Hall–Kier alpha value is -4.21. The molecule has 15 heteroatoms. The van der Waals surface area contributed by atoms with Crippen molar-refractivity contribution in [1.82, 2.24) is 29.6 Å². The number of rotatable bonds is 4. The minimum absolute atomic E-state index is 0.00109.